The predicted molar refractivity (Wildman–Crippen MR) is 213 cm³/mol. The average Bonchev–Trinajstić information content (AvgIpc) is 3.83. The zero-order valence-corrected chi connectivity index (χ0v) is 38.1. The lowest BCUT2D eigenvalue weighted by Crippen LogP contribution is -2.72. The van der Waals surface area contributed by atoms with E-state index in [1.54, 1.807) is 46.8 Å². The molecule has 19 atom stereocenters. The van der Waals surface area contributed by atoms with Crippen LogP contribution in [0.2, 0.25) is 0 Å². The third-order valence-corrected chi connectivity index (χ3v) is 14.4. The molecule has 0 saturated carbocycles. The molecule has 0 aromatic heterocycles. The molecule has 59 heavy (non-hydrogen) atoms. The molecule has 5 saturated heterocycles. The zero-order chi connectivity index (χ0) is 44.3. The largest absolute Gasteiger partial charge is 0.459 e. The van der Waals surface area contributed by atoms with Crippen LogP contribution < -0.4 is 0 Å². The summed E-state index contributed by atoms with van der Waals surface area (Å²) in [6.45, 7) is 19.5. The summed E-state index contributed by atoms with van der Waals surface area (Å²) in [5, 5.41) is 11.1. The van der Waals surface area contributed by atoms with Crippen molar-refractivity contribution in [2.45, 2.75) is 192 Å². The number of β-lactam (4-membered cyclic amide) rings is 1. The van der Waals surface area contributed by atoms with Crippen LogP contribution in [-0.2, 0) is 61.8 Å². The number of hydrogen-bond acceptors (Lipinski definition) is 15. The molecule has 3 unspecified atom stereocenters. The van der Waals surface area contributed by atoms with E-state index in [1.807, 2.05) is 60.5 Å². The summed E-state index contributed by atoms with van der Waals surface area (Å²) >= 11 is 0. The van der Waals surface area contributed by atoms with Gasteiger partial charge in [0.25, 0.3) is 5.91 Å². The lowest BCUT2D eigenvalue weighted by Gasteiger charge is -2.50. The summed E-state index contributed by atoms with van der Waals surface area (Å²) in [6.07, 6.45) is -6.47. The van der Waals surface area contributed by atoms with Crippen LogP contribution in [0, 0.1) is 23.7 Å². The quantitative estimate of drug-likeness (QED) is 0.203. The Kier molecular flexibility index (Phi) is 14.1. The minimum Gasteiger partial charge on any atom is -0.459 e. The second-order valence-electron chi connectivity index (χ2n) is 18.8. The fourth-order valence-corrected chi connectivity index (χ4v) is 10.8. The molecule has 16 heteroatoms. The Morgan fingerprint density at radius 1 is 0.915 bits per heavy atom. The van der Waals surface area contributed by atoms with E-state index < -0.39 is 113 Å². The number of carbonyl (C=O) groups excluding carboxylic acids is 4. The first kappa shape index (κ1) is 47.8. The van der Waals surface area contributed by atoms with Crippen molar-refractivity contribution in [1.29, 1.82) is 0 Å². The molecule has 1 spiro atoms. The highest BCUT2D eigenvalue weighted by Crippen LogP contribution is 2.62. The van der Waals surface area contributed by atoms with Gasteiger partial charge in [-0.1, -0.05) is 27.7 Å². The number of likely N-dealkylation sites (N-methyl/N-ethyl adjacent to an activating group) is 2. The Balaban J connectivity index is 1.66. The number of ketones is 1. The number of aliphatic hydroxyl groups is 1. The van der Waals surface area contributed by atoms with Gasteiger partial charge < -0.3 is 57.5 Å². The highest BCUT2D eigenvalue weighted by molar-refractivity contribution is 6.00. The number of cyclic esters (lactones) is 1. The number of likely N-dealkylation sites (tertiary alicyclic amines) is 1. The molecule has 5 rings (SSSR count). The second kappa shape index (κ2) is 17.5. The molecule has 1 amide bonds. The van der Waals surface area contributed by atoms with Crippen molar-refractivity contribution in [3.8, 4) is 0 Å². The van der Waals surface area contributed by atoms with Crippen LogP contribution in [0.25, 0.3) is 0 Å². The van der Waals surface area contributed by atoms with E-state index in [1.165, 1.54) is 14.0 Å². The van der Waals surface area contributed by atoms with Gasteiger partial charge >= 0.3 is 11.9 Å². The number of epoxide rings is 1. The van der Waals surface area contributed by atoms with Gasteiger partial charge in [0.1, 0.15) is 23.6 Å². The normalized spacial score (nSPS) is 48.5. The van der Waals surface area contributed by atoms with Gasteiger partial charge in [0, 0.05) is 52.4 Å². The van der Waals surface area contributed by atoms with Crippen LogP contribution in [0.3, 0.4) is 0 Å². The zero-order valence-electron chi connectivity index (χ0n) is 38.1. The van der Waals surface area contributed by atoms with Gasteiger partial charge in [-0.15, -0.1) is 0 Å². The van der Waals surface area contributed by atoms with Crippen LogP contribution in [-0.4, -0.2) is 164 Å². The van der Waals surface area contributed by atoms with Crippen LogP contribution in [0.15, 0.2) is 0 Å². The molecule has 5 aliphatic rings. The molecule has 0 aliphatic carbocycles. The number of hydrogen-bond donors (Lipinski definition) is 1. The standard InChI is InChI=1S/C43H72N2O14/c1-17-29-42(11)43(59-42)34(45(14)39(43)50)23(4)31(47)21(2)19-41(10,52-16)36(58-38-33(55-27(8)46)28(44(12)13)18-22(3)53-38)24(5)32(25(6)37(49)56-29)57-30-20-40(9,51-15)35(48)26(7)54-30/h21-26,28-30,32-36,38,48H,17-20H2,1-16H3/t21-,22?,23+,24+,25-,26+,28+,29-,30+,32+,33-,34?,35+,36-,38+,40-,41-,42-,43?/m1/s1. The molecule has 338 valence electrons. The van der Waals surface area contributed by atoms with Crippen LogP contribution in [0.5, 0.6) is 0 Å². The van der Waals surface area contributed by atoms with E-state index in [4.69, 9.17) is 42.6 Å². The molecule has 0 radical (unpaired) electrons. The van der Waals surface area contributed by atoms with Crippen LogP contribution >= 0.6 is 0 Å². The third-order valence-electron chi connectivity index (χ3n) is 14.4. The number of nitrogens with zero attached hydrogens (tertiary/aromatic N) is 2. The first-order chi connectivity index (χ1) is 27.4. The molecule has 16 nitrogen and oxygen atoms in total. The highest BCUT2D eigenvalue weighted by Gasteiger charge is 2.86. The summed E-state index contributed by atoms with van der Waals surface area (Å²) in [5.74, 6) is -4.44. The fraction of sp³-hybridized carbons (Fsp3) is 0.907. The number of methoxy groups -OCH3 is 2. The Morgan fingerprint density at radius 3 is 2.10 bits per heavy atom. The highest BCUT2D eigenvalue weighted by atomic mass is 16.7. The van der Waals surface area contributed by atoms with Gasteiger partial charge in [0.15, 0.2) is 18.7 Å². The van der Waals surface area contributed by atoms with Crippen LogP contribution in [0.4, 0.5) is 0 Å². The summed E-state index contributed by atoms with van der Waals surface area (Å²) in [4.78, 5) is 59.1. The minimum absolute atomic E-state index is 0.0997. The maximum Gasteiger partial charge on any atom is 0.311 e. The lowest BCUT2D eigenvalue weighted by atomic mass is 9.68. The predicted octanol–water partition coefficient (Wildman–Crippen LogP) is 3.27. The number of rotatable bonds is 9. The SMILES string of the molecule is CC[C@H]1OC(=O)[C@H](C)[C@@H](O[C@H]2C[C@@](C)(OC)[C@@H](O)[C@H](C)O2)[C@H](C)[C@@H](O[C@@H]2OC(C)C[C@H](N(C)C)[C@H]2OC(C)=O)[C@](C)(OC)C[C@@H](C)C(=O)[C@H](C)C2N(C)C(=O)C23O[C@]13C. The maximum absolute atomic E-state index is 14.6. The molecule has 0 bridgehead atoms. The molecule has 0 aromatic rings. The van der Waals surface area contributed by atoms with Crippen molar-refractivity contribution in [3.05, 3.63) is 0 Å². The Bertz CT molecular complexity index is 1570. The number of esters is 2. The van der Waals surface area contributed by atoms with Gasteiger partial charge in [0.2, 0.25) is 5.60 Å². The monoisotopic (exact) mass is 840 g/mol. The Morgan fingerprint density at radius 2 is 1.54 bits per heavy atom. The molecule has 5 heterocycles. The topological polar surface area (TPSA) is 181 Å². The molecular formula is C43H72N2O14. The van der Waals surface area contributed by atoms with Crippen molar-refractivity contribution in [2.24, 2.45) is 23.7 Å². The van der Waals surface area contributed by atoms with Crippen molar-refractivity contribution in [3.63, 3.8) is 0 Å². The minimum atomic E-state index is -1.33. The molecular weight excluding hydrogens is 768 g/mol. The number of amides is 1. The molecule has 5 fully saturated rings. The Hall–Kier alpha value is -2.28. The smallest absolute Gasteiger partial charge is 0.311 e. The van der Waals surface area contributed by atoms with Gasteiger partial charge in [-0.2, -0.15) is 0 Å². The van der Waals surface area contributed by atoms with Crippen molar-refractivity contribution in [1.82, 2.24) is 9.80 Å². The van der Waals surface area contributed by atoms with Gasteiger partial charge in [-0.05, 0) is 74.9 Å². The summed E-state index contributed by atoms with van der Waals surface area (Å²) in [5.41, 5.74) is -4.81. The van der Waals surface area contributed by atoms with E-state index in [0.29, 0.717) is 12.8 Å². The number of ether oxygens (including phenoxy) is 9. The van der Waals surface area contributed by atoms with Crippen molar-refractivity contribution in [2.75, 3.05) is 35.4 Å². The average molecular weight is 841 g/mol. The van der Waals surface area contributed by atoms with Gasteiger partial charge in [0.05, 0.1) is 53.6 Å². The molecule has 5 aliphatic heterocycles. The fourth-order valence-electron chi connectivity index (χ4n) is 10.8. The number of carbonyl (C=O) groups is 4. The van der Waals surface area contributed by atoms with Crippen LogP contribution in [0.1, 0.15) is 102 Å². The molecule has 0 aromatic carbocycles. The second-order valence-corrected chi connectivity index (χ2v) is 18.8. The number of Topliss-reactive ketones (excluding diaryl/α,β-unsaturated/α-hetero) is 1. The van der Waals surface area contributed by atoms with E-state index in [0.717, 1.165) is 0 Å². The first-order valence-corrected chi connectivity index (χ1v) is 21.3. The van der Waals surface area contributed by atoms with E-state index >= 15 is 0 Å². The summed E-state index contributed by atoms with van der Waals surface area (Å²) in [6, 6.07) is -0.867. The van der Waals surface area contributed by atoms with E-state index in [9.17, 15) is 24.3 Å². The third kappa shape index (κ3) is 8.36. The maximum atomic E-state index is 14.6. The van der Waals surface area contributed by atoms with Gasteiger partial charge in [-0.25, -0.2) is 0 Å². The van der Waals surface area contributed by atoms with Crippen molar-refractivity contribution >= 4 is 23.6 Å². The lowest BCUT2D eigenvalue weighted by molar-refractivity contribution is -0.320. The Labute approximate surface area is 350 Å². The van der Waals surface area contributed by atoms with Crippen molar-refractivity contribution < 1.29 is 66.9 Å². The summed E-state index contributed by atoms with van der Waals surface area (Å²) < 4.78 is 57.6. The van der Waals surface area contributed by atoms with Gasteiger partial charge in [-0.3, -0.25) is 19.2 Å². The first-order valence-electron chi connectivity index (χ1n) is 21.3. The van der Waals surface area contributed by atoms with E-state index in [-0.39, 0.29) is 36.7 Å². The number of aliphatic hydroxyl groups excluding tert-OH is 1. The van der Waals surface area contributed by atoms with E-state index in [2.05, 4.69) is 0 Å². The summed E-state index contributed by atoms with van der Waals surface area (Å²) in [7, 11) is 8.53. The molecule has 1 N–H and O–H groups in total.